The summed E-state index contributed by atoms with van der Waals surface area (Å²) in [6.45, 7) is 9.80. The molecule has 0 bridgehead atoms. The number of anilines is 1. The summed E-state index contributed by atoms with van der Waals surface area (Å²) in [4.78, 5) is 17.8. The third-order valence-corrected chi connectivity index (χ3v) is 7.16. The van der Waals surface area contributed by atoms with Crippen LogP contribution in [0.4, 0.5) is 5.69 Å². The molecule has 2 aliphatic rings. The standard InChI is InChI=1S/C31H34N2O5/c1-6-33(7-2)23-11-8-21(9-12-23)15-28-30(34)29-20(3)14-26-24(31(29)38-28)18-32(19-37-26)17-22-10-13-25(35-4)27(16-22)36-5/h8-16H,6-7,17-19H2,1-5H3/b28-15-. The number of carbonyl (C=O) groups excluding carboxylic acids is 1. The molecule has 198 valence electrons. The van der Waals surface area contributed by atoms with Crippen LogP contribution in [0.3, 0.4) is 0 Å². The Bertz CT molecular complexity index is 1380. The van der Waals surface area contributed by atoms with Crippen molar-refractivity contribution in [2.45, 2.75) is 33.9 Å². The normalized spacial score (nSPS) is 15.5. The molecule has 0 N–H and O–H groups in total. The number of fused-ring (bicyclic) bond motifs is 3. The zero-order chi connectivity index (χ0) is 26.8. The zero-order valence-corrected chi connectivity index (χ0v) is 22.7. The SMILES string of the molecule is CCN(CC)c1ccc(/C=C2\Oc3c4c(cc(C)c3C2=O)OCN(Cc2ccc(OC)c(OC)c2)C4)cc1. The molecule has 0 spiro atoms. The molecule has 0 aliphatic carbocycles. The highest BCUT2D eigenvalue weighted by Gasteiger charge is 2.35. The van der Waals surface area contributed by atoms with Crippen molar-refractivity contribution in [2.24, 2.45) is 0 Å². The van der Waals surface area contributed by atoms with Gasteiger partial charge in [-0.25, -0.2) is 0 Å². The van der Waals surface area contributed by atoms with E-state index in [9.17, 15) is 4.79 Å². The summed E-state index contributed by atoms with van der Waals surface area (Å²) in [5.41, 5.74) is 5.53. The maximum Gasteiger partial charge on any atom is 0.232 e. The highest BCUT2D eigenvalue weighted by atomic mass is 16.5. The van der Waals surface area contributed by atoms with Gasteiger partial charge in [0.05, 0.1) is 25.3 Å². The number of hydrogen-bond acceptors (Lipinski definition) is 7. The van der Waals surface area contributed by atoms with Gasteiger partial charge < -0.3 is 23.8 Å². The molecular formula is C31H34N2O5. The van der Waals surface area contributed by atoms with E-state index in [4.69, 9.17) is 18.9 Å². The number of rotatable bonds is 8. The van der Waals surface area contributed by atoms with Crippen LogP contribution in [0.2, 0.25) is 0 Å². The van der Waals surface area contributed by atoms with E-state index in [0.29, 0.717) is 48.4 Å². The maximum atomic E-state index is 13.4. The van der Waals surface area contributed by atoms with Gasteiger partial charge in [0.25, 0.3) is 0 Å². The molecule has 0 unspecified atom stereocenters. The third kappa shape index (κ3) is 4.82. The molecule has 7 heteroatoms. The molecular weight excluding hydrogens is 480 g/mol. The largest absolute Gasteiger partial charge is 0.493 e. The molecule has 0 radical (unpaired) electrons. The van der Waals surface area contributed by atoms with Gasteiger partial charge in [-0.2, -0.15) is 0 Å². The number of nitrogens with zero attached hydrogens (tertiary/aromatic N) is 2. The Labute approximate surface area is 224 Å². The van der Waals surface area contributed by atoms with E-state index in [1.54, 1.807) is 14.2 Å². The van der Waals surface area contributed by atoms with Gasteiger partial charge in [0, 0.05) is 31.9 Å². The Morgan fingerprint density at radius 1 is 1.00 bits per heavy atom. The molecule has 0 aromatic heterocycles. The first-order valence-electron chi connectivity index (χ1n) is 13.0. The third-order valence-electron chi connectivity index (χ3n) is 7.16. The van der Waals surface area contributed by atoms with Crippen LogP contribution in [0.5, 0.6) is 23.0 Å². The maximum absolute atomic E-state index is 13.4. The Morgan fingerprint density at radius 2 is 1.74 bits per heavy atom. The van der Waals surface area contributed by atoms with Crippen molar-refractivity contribution < 1.29 is 23.7 Å². The number of hydrogen-bond donors (Lipinski definition) is 0. The summed E-state index contributed by atoms with van der Waals surface area (Å²) in [5.74, 6) is 3.00. The van der Waals surface area contributed by atoms with E-state index in [1.165, 1.54) is 0 Å². The van der Waals surface area contributed by atoms with Crippen LogP contribution in [-0.4, -0.2) is 44.7 Å². The highest BCUT2D eigenvalue weighted by molar-refractivity contribution is 6.15. The van der Waals surface area contributed by atoms with Gasteiger partial charge in [-0.15, -0.1) is 0 Å². The lowest BCUT2D eigenvalue weighted by molar-refractivity contribution is 0.0871. The number of ether oxygens (including phenoxy) is 4. The summed E-state index contributed by atoms with van der Waals surface area (Å²) in [7, 11) is 3.26. The van der Waals surface area contributed by atoms with Gasteiger partial charge in [0.15, 0.2) is 17.3 Å². The van der Waals surface area contributed by atoms with E-state index in [2.05, 4.69) is 35.8 Å². The van der Waals surface area contributed by atoms with Crippen molar-refractivity contribution in [1.29, 1.82) is 0 Å². The summed E-state index contributed by atoms with van der Waals surface area (Å²) >= 11 is 0. The van der Waals surface area contributed by atoms with Gasteiger partial charge >= 0.3 is 0 Å². The first-order chi connectivity index (χ1) is 18.4. The minimum atomic E-state index is -0.0925. The molecule has 3 aromatic rings. The summed E-state index contributed by atoms with van der Waals surface area (Å²) in [5, 5.41) is 0. The molecule has 7 nitrogen and oxygen atoms in total. The van der Waals surface area contributed by atoms with Crippen LogP contribution in [-0.2, 0) is 13.1 Å². The Morgan fingerprint density at radius 3 is 2.42 bits per heavy atom. The van der Waals surface area contributed by atoms with E-state index >= 15 is 0 Å². The fourth-order valence-electron chi connectivity index (χ4n) is 5.14. The predicted molar refractivity (Wildman–Crippen MR) is 148 cm³/mol. The summed E-state index contributed by atoms with van der Waals surface area (Å²) in [6, 6.07) is 16.1. The van der Waals surface area contributed by atoms with Gasteiger partial charge in [-0.1, -0.05) is 18.2 Å². The van der Waals surface area contributed by atoms with Crippen LogP contribution in [0.1, 0.15) is 46.5 Å². The summed E-state index contributed by atoms with van der Waals surface area (Å²) in [6.07, 6.45) is 1.82. The second-order valence-corrected chi connectivity index (χ2v) is 9.53. The molecule has 0 saturated carbocycles. The Hall–Kier alpha value is -3.97. The number of carbonyl (C=O) groups is 1. The van der Waals surface area contributed by atoms with Crippen LogP contribution in [0.15, 0.2) is 54.3 Å². The first kappa shape index (κ1) is 25.7. The smallest absolute Gasteiger partial charge is 0.232 e. The lowest BCUT2D eigenvalue weighted by atomic mass is 9.98. The number of methoxy groups -OCH3 is 2. The molecule has 5 rings (SSSR count). The van der Waals surface area contributed by atoms with Crippen molar-refractivity contribution in [2.75, 3.05) is 38.9 Å². The minimum Gasteiger partial charge on any atom is -0.493 e. The fraction of sp³-hybridized carbons (Fsp3) is 0.323. The lowest BCUT2D eigenvalue weighted by Gasteiger charge is -2.30. The second-order valence-electron chi connectivity index (χ2n) is 9.53. The molecule has 38 heavy (non-hydrogen) atoms. The average molecular weight is 515 g/mol. The van der Waals surface area contributed by atoms with Crippen LogP contribution in [0, 0.1) is 6.92 Å². The van der Waals surface area contributed by atoms with Crippen molar-refractivity contribution in [3.05, 3.63) is 82.1 Å². The minimum absolute atomic E-state index is 0.0925. The second kappa shape index (κ2) is 10.8. The average Bonchev–Trinajstić information content (AvgIpc) is 3.27. The molecule has 0 atom stereocenters. The molecule has 0 fully saturated rings. The molecule has 2 aliphatic heterocycles. The number of Topliss-reactive ketones (excluding diaryl/α,β-unsaturated/α-hetero) is 1. The molecule has 2 heterocycles. The lowest BCUT2D eigenvalue weighted by Crippen LogP contribution is -2.31. The van der Waals surface area contributed by atoms with Gasteiger partial charge in [-0.05, 0) is 73.9 Å². The molecule has 0 amide bonds. The van der Waals surface area contributed by atoms with E-state index in [1.807, 2.05) is 49.4 Å². The number of allylic oxidation sites excluding steroid dienone is 1. The van der Waals surface area contributed by atoms with Crippen LogP contribution >= 0.6 is 0 Å². The van der Waals surface area contributed by atoms with E-state index in [-0.39, 0.29) is 5.78 Å². The van der Waals surface area contributed by atoms with Crippen molar-refractivity contribution in [3.8, 4) is 23.0 Å². The van der Waals surface area contributed by atoms with Gasteiger partial charge in [0.2, 0.25) is 5.78 Å². The fourth-order valence-corrected chi connectivity index (χ4v) is 5.14. The number of aryl methyl sites for hydroxylation is 1. The predicted octanol–water partition coefficient (Wildman–Crippen LogP) is 5.83. The zero-order valence-electron chi connectivity index (χ0n) is 22.7. The first-order valence-corrected chi connectivity index (χ1v) is 13.0. The topological polar surface area (TPSA) is 60.5 Å². The monoisotopic (exact) mass is 514 g/mol. The number of ketones is 1. The van der Waals surface area contributed by atoms with Crippen LogP contribution in [0.25, 0.3) is 6.08 Å². The highest BCUT2D eigenvalue weighted by Crippen LogP contribution is 2.44. The van der Waals surface area contributed by atoms with Crippen molar-refractivity contribution in [3.63, 3.8) is 0 Å². The number of benzene rings is 3. The Balaban J connectivity index is 1.39. The van der Waals surface area contributed by atoms with Gasteiger partial charge in [-0.3, -0.25) is 9.69 Å². The molecule has 0 saturated heterocycles. The van der Waals surface area contributed by atoms with Gasteiger partial charge in [0.1, 0.15) is 18.2 Å². The summed E-state index contributed by atoms with van der Waals surface area (Å²) < 4.78 is 23.2. The van der Waals surface area contributed by atoms with Crippen LogP contribution < -0.4 is 23.8 Å². The van der Waals surface area contributed by atoms with Crippen molar-refractivity contribution >= 4 is 17.5 Å². The quantitative estimate of drug-likeness (QED) is 0.351. The van der Waals surface area contributed by atoms with E-state index in [0.717, 1.165) is 46.8 Å². The Kier molecular flexibility index (Phi) is 7.29. The molecule has 3 aromatic carbocycles. The van der Waals surface area contributed by atoms with Crippen molar-refractivity contribution in [1.82, 2.24) is 4.90 Å². The van der Waals surface area contributed by atoms with E-state index < -0.39 is 0 Å².